The van der Waals surface area contributed by atoms with Crippen molar-refractivity contribution in [3.8, 4) is 0 Å². The Morgan fingerprint density at radius 2 is 1.85 bits per heavy atom. The highest BCUT2D eigenvalue weighted by Gasteiger charge is 2.13. The fourth-order valence-electron chi connectivity index (χ4n) is 2.06. The van der Waals surface area contributed by atoms with Gasteiger partial charge < -0.3 is 9.52 Å². The van der Waals surface area contributed by atoms with Crippen LogP contribution in [0.3, 0.4) is 0 Å². The number of thiol groups is 2. The zero-order valence-corrected chi connectivity index (χ0v) is 11.7. The largest absolute Gasteiger partial charge is 0.478 e. The second-order valence-corrected chi connectivity index (χ2v) is 5.29. The smallest absolute Gasteiger partial charge is 0.335 e. The molecule has 0 spiro atoms. The number of carboxylic acid groups (broad SMARTS) is 1. The highest BCUT2D eigenvalue weighted by atomic mass is 32.1. The summed E-state index contributed by atoms with van der Waals surface area (Å²) in [4.78, 5) is 24.5. The molecule has 20 heavy (non-hydrogen) atoms. The quantitative estimate of drug-likeness (QED) is 0.477. The lowest BCUT2D eigenvalue weighted by Crippen LogP contribution is -2.05. The lowest BCUT2D eigenvalue weighted by Gasteiger charge is -2.05. The van der Waals surface area contributed by atoms with Gasteiger partial charge in [0.05, 0.1) is 16.3 Å². The first-order valence-electron chi connectivity index (χ1n) is 5.63. The standard InChI is InChI=1S/C14H8O4S2/c15-12-8-3-6(14(16)17)1-2-10(8)18-13-9(12)4-7(19)5-11(13)20/h1-5,19-20H,(H,16,17). The number of benzene rings is 2. The van der Waals surface area contributed by atoms with E-state index in [1.807, 2.05) is 0 Å². The lowest BCUT2D eigenvalue weighted by atomic mass is 10.1. The number of hydrogen-bond donors (Lipinski definition) is 3. The molecule has 0 fully saturated rings. The van der Waals surface area contributed by atoms with Crippen LogP contribution in [-0.4, -0.2) is 11.1 Å². The number of rotatable bonds is 1. The fourth-order valence-corrected chi connectivity index (χ4v) is 2.72. The van der Waals surface area contributed by atoms with Gasteiger partial charge in [0, 0.05) is 9.79 Å². The second kappa shape index (κ2) is 4.57. The van der Waals surface area contributed by atoms with Gasteiger partial charge in [-0.05, 0) is 30.3 Å². The van der Waals surface area contributed by atoms with Crippen molar-refractivity contribution < 1.29 is 14.3 Å². The van der Waals surface area contributed by atoms with Crippen LogP contribution in [0.1, 0.15) is 10.4 Å². The summed E-state index contributed by atoms with van der Waals surface area (Å²) in [5.74, 6) is -1.09. The number of fused-ring (bicyclic) bond motifs is 2. The Kier molecular flexibility index (Phi) is 2.99. The van der Waals surface area contributed by atoms with Crippen LogP contribution in [0, 0.1) is 0 Å². The number of hydrogen-bond acceptors (Lipinski definition) is 5. The van der Waals surface area contributed by atoms with E-state index in [1.54, 1.807) is 12.1 Å². The highest BCUT2D eigenvalue weighted by Crippen LogP contribution is 2.27. The minimum atomic E-state index is -1.09. The van der Waals surface area contributed by atoms with Crippen molar-refractivity contribution in [1.29, 1.82) is 0 Å². The Hall–Kier alpha value is -1.92. The Balaban J connectivity index is 2.51. The third-order valence-corrected chi connectivity index (χ3v) is 3.57. The van der Waals surface area contributed by atoms with Gasteiger partial charge in [0.2, 0.25) is 5.43 Å². The summed E-state index contributed by atoms with van der Waals surface area (Å²) in [7, 11) is 0. The van der Waals surface area contributed by atoms with Crippen LogP contribution in [-0.2, 0) is 0 Å². The molecule has 100 valence electrons. The van der Waals surface area contributed by atoms with Crippen LogP contribution in [0.15, 0.2) is 49.3 Å². The predicted octanol–water partition coefficient (Wildman–Crippen LogP) is 3.22. The molecule has 0 saturated heterocycles. The molecule has 0 bridgehead atoms. The van der Waals surface area contributed by atoms with E-state index in [0.29, 0.717) is 26.3 Å². The highest BCUT2D eigenvalue weighted by molar-refractivity contribution is 7.81. The number of aromatic carboxylic acids is 1. The first kappa shape index (κ1) is 13.1. The van der Waals surface area contributed by atoms with Crippen molar-refractivity contribution >= 4 is 53.2 Å². The van der Waals surface area contributed by atoms with Crippen molar-refractivity contribution in [2.24, 2.45) is 0 Å². The number of carbonyl (C=O) groups is 1. The Morgan fingerprint density at radius 1 is 1.10 bits per heavy atom. The summed E-state index contributed by atoms with van der Waals surface area (Å²) < 4.78 is 5.64. The molecule has 1 aromatic heterocycles. The third-order valence-electron chi connectivity index (χ3n) is 2.98. The molecule has 0 atom stereocenters. The molecule has 0 aliphatic carbocycles. The van der Waals surface area contributed by atoms with Gasteiger partial charge in [-0.15, -0.1) is 25.3 Å². The molecule has 2 aromatic carbocycles. The first-order chi connectivity index (χ1) is 9.47. The average Bonchev–Trinajstić information content (AvgIpc) is 2.40. The molecule has 0 saturated carbocycles. The van der Waals surface area contributed by atoms with Gasteiger partial charge in [0.15, 0.2) is 5.58 Å². The minimum absolute atomic E-state index is 0.0391. The summed E-state index contributed by atoms with van der Waals surface area (Å²) >= 11 is 8.47. The molecule has 3 aromatic rings. The van der Waals surface area contributed by atoms with Crippen LogP contribution >= 0.6 is 25.3 Å². The van der Waals surface area contributed by atoms with E-state index in [0.717, 1.165) is 0 Å². The molecule has 1 heterocycles. The van der Waals surface area contributed by atoms with E-state index in [1.165, 1.54) is 18.2 Å². The molecule has 4 nitrogen and oxygen atoms in total. The first-order valence-corrected chi connectivity index (χ1v) is 6.52. The molecule has 1 N–H and O–H groups in total. The second-order valence-electron chi connectivity index (χ2n) is 4.29. The van der Waals surface area contributed by atoms with Crippen LogP contribution in [0.4, 0.5) is 0 Å². The van der Waals surface area contributed by atoms with Crippen molar-refractivity contribution in [1.82, 2.24) is 0 Å². The van der Waals surface area contributed by atoms with Crippen molar-refractivity contribution in [2.45, 2.75) is 9.79 Å². The molecular weight excluding hydrogens is 296 g/mol. The number of carboxylic acids is 1. The minimum Gasteiger partial charge on any atom is -0.478 e. The van der Waals surface area contributed by atoms with E-state index in [-0.39, 0.29) is 16.4 Å². The van der Waals surface area contributed by atoms with Crippen LogP contribution in [0.5, 0.6) is 0 Å². The van der Waals surface area contributed by atoms with Crippen LogP contribution < -0.4 is 5.43 Å². The normalized spacial score (nSPS) is 11.1. The van der Waals surface area contributed by atoms with E-state index in [9.17, 15) is 9.59 Å². The Bertz CT molecular complexity index is 928. The van der Waals surface area contributed by atoms with E-state index < -0.39 is 5.97 Å². The maximum Gasteiger partial charge on any atom is 0.335 e. The van der Waals surface area contributed by atoms with E-state index in [4.69, 9.17) is 9.52 Å². The summed E-state index contributed by atoms with van der Waals surface area (Å²) in [6.45, 7) is 0. The zero-order valence-electron chi connectivity index (χ0n) is 9.95. The predicted molar refractivity (Wildman–Crippen MR) is 81.5 cm³/mol. The van der Waals surface area contributed by atoms with Crippen molar-refractivity contribution in [3.63, 3.8) is 0 Å². The lowest BCUT2D eigenvalue weighted by molar-refractivity contribution is 0.0697. The average molecular weight is 304 g/mol. The maximum absolute atomic E-state index is 12.4. The molecular formula is C14H8O4S2. The molecule has 0 aliphatic heterocycles. The van der Waals surface area contributed by atoms with Gasteiger partial charge in [-0.2, -0.15) is 0 Å². The molecule has 3 rings (SSSR count). The molecule has 0 unspecified atom stereocenters. The fraction of sp³-hybridized carbons (Fsp3) is 0. The van der Waals surface area contributed by atoms with Crippen molar-refractivity contribution in [3.05, 3.63) is 46.1 Å². The van der Waals surface area contributed by atoms with Crippen molar-refractivity contribution in [2.75, 3.05) is 0 Å². The van der Waals surface area contributed by atoms with Gasteiger partial charge in [0.1, 0.15) is 5.58 Å². The monoisotopic (exact) mass is 304 g/mol. The maximum atomic E-state index is 12.4. The SMILES string of the molecule is O=C(O)c1ccc2oc3c(S)cc(S)cc3c(=O)c2c1. The molecule has 0 amide bonds. The van der Waals surface area contributed by atoms with Crippen LogP contribution in [0.2, 0.25) is 0 Å². The molecule has 0 aliphatic rings. The van der Waals surface area contributed by atoms with Gasteiger partial charge in [-0.3, -0.25) is 4.79 Å². The summed E-state index contributed by atoms with van der Waals surface area (Å²) in [5, 5.41) is 9.54. The third kappa shape index (κ3) is 1.97. The van der Waals surface area contributed by atoms with Gasteiger partial charge in [0.25, 0.3) is 0 Å². The van der Waals surface area contributed by atoms with Gasteiger partial charge in [-0.25, -0.2) is 4.79 Å². The van der Waals surface area contributed by atoms with E-state index >= 15 is 0 Å². The van der Waals surface area contributed by atoms with E-state index in [2.05, 4.69) is 25.3 Å². The molecule has 0 radical (unpaired) electrons. The zero-order chi connectivity index (χ0) is 14.4. The Morgan fingerprint density at radius 3 is 2.55 bits per heavy atom. The topological polar surface area (TPSA) is 67.5 Å². The van der Waals surface area contributed by atoms with Crippen LogP contribution in [0.25, 0.3) is 21.9 Å². The summed E-state index contributed by atoms with van der Waals surface area (Å²) in [6, 6.07) is 7.43. The molecule has 6 heteroatoms. The Labute approximate surface area is 123 Å². The van der Waals surface area contributed by atoms with Gasteiger partial charge in [-0.1, -0.05) is 0 Å². The van der Waals surface area contributed by atoms with Gasteiger partial charge >= 0.3 is 5.97 Å². The summed E-state index contributed by atoms with van der Waals surface area (Å²) in [6.07, 6.45) is 0. The summed E-state index contributed by atoms with van der Waals surface area (Å²) in [5.41, 5.74) is 0.439.